The molecule has 0 bridgehead atoms. The van der Waals surface area contributed by atoms with Gasteiger partial charge in [0.25, 0.3) is 11.1 Å². The van der Waals surface area contributed by atoms with Crippen molar-refractivity contribution in [1.82, 2.24) is 4.90 Å². The van der Waals surface area contributed by atoms with Gasteiger partial charge in [-0.1, -0.05) is 40.9 Å². The van der Waals surface area contributed by atoms with Crippen molar-refractivity contribution < 1.29 is 14.3 Å². The lowest BCUT2D eigenvalue weighted by molar-refractivity contribution is -0.121. The normalized spacial score (nSPS) is 15.7. The second-order valence-electron chi connectivity index (χ2n) is 5.59. The zero-order valence-electron chi connectivity index (χ0n) is 13.8. The Morgan fingerprint density at radius 2 is 1.85 bits per heavy atom. The summed E-state index contributed by atoms with van der Waals surface area (Å²) in [6, 6.07) is 8.66. The van der Waals surface area contributed by atoms with E-state index in [2.05, 4.69) is 15.9 Å². The third kappa shape index (κ3) is 4.63. The predicted molar refractivity (Wildman–Crippen MR) is 114 cm³/mol. The Kier molecular flexibility index (Phi) is 6.43. The summed E-state index contributed by atoms with van der Waals surface area (Å²) in [5, 5.41) is 0.980. The molecule has 2 amide bonds. The number of benzene rings is 2. The van der Waals surface area contributed by atoms with Gasteiger partial charge in [-0.05, 0) is 69.2 Å². The van der Waals surface area contributed by atoms with E-state index in [1.807, 2.05) is 6.07 Å². The molecule has 1 heterocycles. The quantitative estimate of drug-likeness (QED) is 0.435. The van der Waals surface area contributed by atoms with E-state index in [4.69, 9.17) is 39.5 Å². The first-order valence-corrected chi connectivity index (χ1v) is 10.3. The van der Waals surface area contributed by atoms with Crippen LogP contribution < -0.4 is 4.74 Å². The first-order valence-electron chi connectivity index (χ1n) is 7.53. The average Bonchev–Trinajstić information content (AvgIpc) is 2.84. The lowest BCUT2D eigenvalue weighted by Crippen LogP contribution is -2.22. The van der Waals surface area contributed by atoms with E-state index in [0.717, 1.165) is 22.2 Å². The van der Waals surface area contributed by atoms with Crippen LogP contribution in [0, 0.1) is 0 Å². The molecule has 1 fully saturated rings. The molecular weight excluding hydrogens is 497 g/mol. The van der Waals surface area contributed by atoms with Gasteiger partial charge in [0, 0.05) is 7.05 Å². The molecule has 0 aromatic heterocycles. The number of nitrogens with zero attached hydrogens (tertiary/aromatic N) is 1. The van der Waals surface area contributed by atoms with E-state index < -0.39 is 0 Å². The van der Waals surface area contributed by atoms with Gasteiger partial charge in [-0.2, -0.15) is 0 Å². The molecule has 0 N–H and O–H groups in total. The largest absolute Gasteiger partial charge is 0.486 e. The SMILES string of the molecule is CN1C(=O)S/C(=C\c2cc(Cl)c(OCc3ccc(Cl)c(Cl)c3)c(Br)c2)C1=O. The number of rotatable bonds is 4. The van der Waals surface area contributed by atoms with Crippen LogP contribution in [0.15, 0.2) is 39.7 Å². The second-order valence-corrected chi connectivity index (χ2v) is 8.66. The maximum absolute atomic E-state index is 12.0. The van der Waals surface area contributed by atoms with Crippen molar-refractivity contribution in [3.05, 3.63) is 65.9 Å². The van der Waals surface area contributed by atoms with E-state index in [1.54, 1.807) is 30.3 Å². The third-order valence-electron chi connectivity index (χ3n) is 3.67. The van der Waals surface area contributed by atoms with E-state index in [9.17, 15) is 9.59 Å². The molecule has 1 saturated heterocycles. The van der Waals surface area contributed by atoms with Gasteiger partial charge in [0.15, 0.2) is 5.75 Å². The van der Waals surface area contributed by atoms with Crippen LogP contribution in [0.3, 0.4) is 0 Å². The molecule has 3 rings (SSSR count). The Labute approximate surface area is 183 Å². The van der Waals surface area contributed by atoms with Crippen molar-refractivity contribution in [2.75, 3.05) is 7.05 Å². The molecule has 0 radical (unpaired) electrons. The van der Waals surface area contributed by atoms with Crippen molar-refractivity contribution in [3.8, 4) is 5.75 Å². The summed E-state index contributed by atoms with van der Waals surface area (Å²) in [5.74, 6) is 0.126. The van der Waals surface area contributed by atoms with Crippen LogP contribution in [0.5, 0.6) is 5.75 Å². The van der Waals surface area contributed by atoms with Gasteiger partial charge in [0.05, 0.1) is 24.4 Å². The highest BCUT2D eigenvalue weighted by molar-refractivity contribution is 9.10. The Morgan fingerprint density at radius 1 is 1.11 bits per heavy atom. The number of carbonyl (C=O) groups excluding carboxylic acids is 2. The zero-order chi connectivity index (χ0) is 19.7. The van der Waals surface area contributed by atoms with Crippen molar-refractivity contribution in [1.29, 1.82) is 0 Å². The number of imide groups is 1. The number of thioether (sulfide) groups is 1. The molecule has 2 aromatic carbocycles. The number of amides is 2. The summed E-state index contributed by atoms with van der Waals surface area (Å²) in [6.07, 6.45) is 1.62. The van der Waals surface area contributed by atoms with E-state index in [0.29, 0.717) is 35.8 Å². The molecule has 140 valence electrons. The van der Waals surface area contributed by atoms with E-state index in [1.165, 1.54) is 7.05 Å². The molecule has 27 heavy (non-hydrogen) atoms. The lowest BCUT2D eigenvalue weighted by atomic mass is 10.2. The number of hydrogen-bond acceptors (Lipinski definition) is 4. The number of likely N-dealkylation sites (N-methyl/N-ethyl adjacent to an activating group) is 1. The van der Waals surface area contributed by atoms with Crippen LogP contribution in [-0.4, -0.2) is 23.1 Å². The van der Waals surface area contributed by atoms with Crippen molar-refractivity contribution in [2.45, 2.75) is 6.61 Å². The highest BCUT2D eigenvalue weighted by Gasteiger charge is 2.31. The molecule has 2 aromatic rings. The minimum atomic E-state index is -0.336. The summed E-state index contributed by atoms with van der Waals surface area (Å²) >= 11 is 22.6. The third-order valence-corrected chi connectivity index (χ3v) is 6.24. The first-order chi connectivity index (χ1) is 12.8. The number of carbonyl (C=O) groups is 2. The Balaban J connectivity index is 1.80. The van der Waals surface area contributed by atoms with Gasteiger partial charge in [-0.15, -0.1) is 0 Å². The van der Waals surface area contributed by atoms with Gasteiger partial charge >= 0.3 is 0 Å². The van der Waals surface area contributed by atoms with Crippen molar-refractivity contribution in [2.24, 2.45) is 0 Å². The molecule has 0 aliphatic carbocycles. The van der Waals surface area contributed by atoms with Crippen LogP contribution in [0.2, 0.25) is 15.1 Å². The minimum absolute atomic E-state index is 0.253. The van der Waals surface area contributed by atoms with Gasteiger partial charge in [0.1, 0.15) is 6.61 Å². The molecule has 0 unspecified atom stereocenters. The van der Waals surface area contributed by atoms with Crippen LogP contribution in [0.4, 0.5) is 4.79 Å². The summed E-state index contributed by atoms with van der Waals surface area (Å²) in [4.78, 5) is 25.0. The van der Waals surface area contributed by atoms with Crippen molar-refractivity contribution >= 4 is 79.7 Å². The van der Waals surface area contributed by atoms with Gasteiger partial charge in [-0.3, -0.25) is 14.5 Å². The molecule has 0 atom stereocenters. The second kappa shape index (κ2) is 8.45. The first kappa shape index (κ1) is 20.6. The summed E-state index contributed by atoms with van der Waals surface area (Å²) in [7, 11) is 1.45. The molecular formula is C18H11BrCl3NO3S. The highest BCUT2D eigenvalue weighted by Crippen LogP contribution is 2.37. The molecule has 4 nitrogen and oxygen atoms in total. The summed E-state index contributed by atoms with van der Waals surface area (Å²) in [5.41, 5.74) is 1.51. The summed E-state index contributed by atoms with van der Waals surface area (Å²) in [6.45, 7) is 0.253. The Bertz CT molecular complexity index is 957. The standard InChI is InChI=1S/C18H11BrCl3NO3S/c1-23-17(24)15(27-18(23)25)7-10-4-11(19)16(14(22)6-10)26-8-9-2-3-12(20)13(21)5-9/h2-7H,8H2,1H3/b15-7-. The Morgan fingerprint density at radius 3 is 2.44 bits per heavy atom. The fraction of sp³-hybridized carbons (Fsp3) is 0.111. The highest BCUT2D eigenvalue weighted by atomic mass is 79.9. The lowest BCUT2D eigenvalue weighted by Gasteiger charge is -2.12. The molecule has 9 heteroatoms. The van der Waals surface area contributed by atoms with Gasteiger partial charge in [0.2, 0.25) is 0 Å². The Hall–Kier alpha value is -1.18. The van der Waals surface area contributed by atoms with Crippen LogP contribution >= 0.6 is 62.5 Å². The van der Waals surface area contributed by atoms with E-state index >= 15 is 0 Å². The maximum atomic E-state index is 12.0. The van der Waals surface area contributed by atoms with E-state index in [-0.39, 0.29) is 17.8 Å². The monoisotopic (exact) mass is 505 g/mol. The topological polar surface area (TPSA) is 46.6 Å². The molecule has 1 aliphatic heterocycles. The predicted octanol–water partition coefficient (Wildman–Crippen LogP) is 6.65. The van der Waals surface area contributed by atoms with Crippen molar-refractivity contribution in [3.63, 3.8) is 0 Å². The van der Waals surface area contributed by atoms with Gasteiger partial charge < -0.3 is 4.74 Å². The molecule has 0 spiro atoms. The number of halogens is 4. The average molecular weight is 508 g/mol. The smallest absolute Gasteiger partial charge is 0.293 e. The van der Waals surface area contributed by atoms with Crippen LogP contribution in [0.1, 0.15) is 11.1 Å². The van der Waals surface area contributed by atoms with Crippen LogP contribution in [-0.2, 0) is 11.4 Å². The maximum Gasteiger partial charge on any atom is 0.293 e. The van der Waals surface area contributed by atoms with Crippen LogP contribution in [0.25, 0.3) is 6.08 Å². The zero-order valence-corrected chi connectivity index (χ0v) is 18.4. The summed E-state index contributed by atoms with van der Waals surface area (Å²) < 4.78 is 6.42. The minimum Gasteiger partial charge on any atom is -0.486 e. The molecule has 1 aliphatic rings. The number of ether oxygens (including phenoxy) is 1. The number of hydrogen-bond donors (Lipinski definition) is 0. The fourth-order valence-corrected chi connectivity index (χ4v) is 4.42. The van der Waals surface area contributed by atoms with Gasteiger partial charge in [-0.25, -0.2) is 0 Å². The molecule has 0 saturated carbocycles. The fourth-order valence-electron chi connectivity index (χ4n) is 2.28.